The van der Waals surface area contributed by atoms with Gasteiger partial charge in [0.1, 0.15) is 23.0 Å². The number of nitrogens with one attached hydrogen (secondary N) is 2. The highest BCUT2D eigenvalue weighted by Gasteiger charge is 2.61. The van der Waals surface area contributed by atoms with Crippen LogP contribution in [0.1, 0.15) is 104 Å². The van der Waals surface area contributed by atoms with E-state index >= 15 is 0 Å². The third-order valence-corrected chi connectivity index (χ3v) is 12.7. The van der Waals surface area contributed by atoms with E-state index in [9.17, 15) is 9.59 Å². The van der Waals surface area contributed by atoms with E-state index in [1.807, 2.05) is 12.1 Å². The number of Topliss-reactive ketones (excluding diaryl/α,β-unsaturated/α-hetero) is 1. The number of aromatic nitrogens is 2. The fourth-order valence-corrected chi connectivity index (χ4v) is 10.1. The fraction of sp³-hybridized carbons (Fsp3) is 0.364. The summed E-state index contributed by atoms with van der Waals surface area (Å²) < 4.78 is 20.7. The van der Waals surface area contributed by atoms with Crippen molar-refractivity contribution < 1.29 is 23.2 Å². The molecule has 4 atom stereocenters. The van der Waals surface area contributed by atoms with E-state index in [2.05, 4.69) is 73.0 Å². The molecule has 1 fully saturated rings. The van der Waals surface area contributed by atoms with Crippen molar-refractivity contribution in [2.75, 3.05) is 5.32 Å². The molecule has 10 bridgehead atoms. The Hall–Kier alpha value is -5.44. The molecule has 9 nitrogen and oxygen atoms in total. The molecule has 2 aromatic heterocycles. The van der Waals surface area contributed by atoms with Crippen LogP contribution in [-0.4, -0.2) is 27.9 Å². The Balaban J connectivity index is 1.17. The SMILES string of the molecule is CC(C)[C@@H]1NC(=O)C(CC(=O)C2CCCCC2)Cc2ccc3c(c2)C24c5cccc(c5N[C@H]2O3)-c2cccc3c2C(=CC3)c2cnc(o2)-c2nc1oc24. The van der Waals surface area contributed by atoms with Gasteiger partial charge in [-0.05, 0) is 59.9 Å². The number of fused-ring (bicyclic) bond motifs is 7. The smallest absolute Gasteiger partial charge is 0.249 e. The number of anilines is 1. The number of rotatable bonds is 4. The summed E-state index contributed by atoms with van der Waals surface area (Å²) >= 11 is 0. The number of hydrogen-bond acceptors (Lipinski definition) is 8. The minimum absolute atomic E-state index is 0.0219. The third-order valence-electron chi connectivity index (χ3n) is 12.7. The normalized spacial score (nSPS) is 24.6. The summed E-state index contributed by atoms with van der Waals surface area (Å²) in [6, 6.07) is 18.6. The molecule has 1 saturated carbocycles. The molecule has 11 rings (SSSR count). The monoisotopic (exact) mass is 704 g/mol. The predicted molar refractivity (Wildman–Crippen MR) is 198 cm³/mol. The molecule has 1 spiro atoms. The van der Waals surface area contributed by atoms with Crippen molar-refractivity contribution in [3.63, 3.8) is 0 Å². The summed E-state index contributed by atoms with van der Waals surface area (Å²) in [5.41, 5.74) is 8.96. The lowest BCUT2D eigenvalue weighted by Gasteiger charge is -2.29. The van der Waals surface area contributed by atoms with Gasteiger partial charge >= 0.3 is 0 Å². The highest BCUT2D eigenvalue weighted by Crippen LogP contribution is 2.61. The highest BCUT2D eigenvalue weighted by molar-refractivity contribution is 5.97. The maximum absolute atomic E-state index is 14.4. The van der Waals surface area contributed by atoms with E-state index in [0.29, 0.717) is 35.4 Å². The second-order valence-corrected chi connectivity index (χ2v) is 16.1. The molecule has 6 aliphatic rings. The first-order chi connectivity index (χ1) is 25.9. The van der Waals surface area contributed by atoms with Crippen LogP contribution in [0.15, 0.2) is 75.7 Å². The number of amides is 1. The second kappa shape index (κ2) is 11.3. The fourth-order valence-electron chi connectivity index (χ4n) is 10.1. The molecule has 4 aliphatic heterocycles. The zero-order valence-electron chi connectivity index (χ0n) is 29.8. The topological polar surface area (TPSA) is 119 Å². The van der Waals surface area contributed by atoms with Crippen molar-refractivity contribution in [1.82, 2.24) is 15.3 Å². The number of ether oxygens (including phenoxy) is 1. The lowest BCUT2D eigenvalue weighted by atomic mass is 9.71. The first-order valence-electron chi connectivity index (χ1n) is 19.2. The zero-order valence-corrected chi connectivity index (χ0v) is 29.8. The first kappa shape index (κ1) is 31.1. The number of allylic oxidation sites excluding steroid dienone is 1. The van der Waals surface area contributed by atoms with Gasteiger partial charge in [-0.2, -0.15) is 0 Å². The number of para-hydroxylation sites is 1. The van der Waals surface area contributed by atoms with Crippen LogP contribution in [0.2, 0.25) is 0 Å². The molecule has 0 radical (unpaired) electrons. The van der Waals surface area contributed by atoms with E-state index in [-0.39, 0.29) is 29.9 Å². The molecule has 6 heterocycles. The molecule has 1 amide bonds. The Morgan fingerprint density at radius 1 is 0.981 bits per heavy atom. The van der Waals surface area contributed by atoms with E-state index in [4.69, 9.17) is 23.5 Å². The molecule has 266 valence electrons. The van der Waals surface area contributed by atoms with Crippen molar-refractivity contribution in [2.45, 2.75) is 82.9 Å². The third kappa shape index (κ3) is 4.36. The lowest BCUT2D eigenvalue weighted by Crippen LogP contribution is -2.40. The van der Waals surface area contributed by atoms with Gasteiger partial charge in [-0.3, -0.25) is 9.59 Å². The van der Waals surface area contributed by atoms with E-state index in [1.165, 1.54) is 12.0 Å². The van der Waals surface area contributed by atoms with Crippen LogP contribution in [0.4, 0.5) is 5.69 Å². The largest absolute Gasteiger partial charge is 0.469 e. The van der Waals surface area contributed by atoms with Crippen LogP contribution in [-0.2, 0) is 27.8 Å². The summed E-state index contributed by atoms with van der Waals surface area (Å²) in [6.07, 6.45) is 9.98. The van der Waals surface area contributed by atoms with Gasteiger partial charge in [0, 0.05) is 46.2 Å². The Labute approximate surface area is 307 Å². The van der Waals surface area contributed by atoms with Gasteiger partial charge < -0.3 is 24.2 Å². The quantitative estimate of drug-likeness (QED) is 0.192. The molecular weight excluding hydrogens is 665 g/mol. The summed E-state index contributed by atoms with van der Waals surface area (Å²) in [4.78, 5) is 38.2. The van der Waals surface area contributed by atoms with Crippen LogP contribution in [0, 0.1) is 17.8 Å². The highest BCUT2D eigenvalue weighted by atomic mass is 16.5. The Morgan fingerprint density at radius 3 is 2.70 bits per heavy atom. The van der Waals surface area contributed by atoms with Crippen molar-refractivity contribution in [3.05, 3.63) is 112 Å². The molecule has 53 heavy (non-hydrogen) atoms. The van der Waals surface area contributed by atoms with Crippen LogP contribution in [0.3, 0.4) is 0 Å². The van der Waals surface area contributed by atoms with Crippen molar-refractivity contribution in [3.8, 4) is 28.5 Å². The number of nitrogens with zero attached hydrogens (tertiary/aromatic N) is 2. The number of benzene rings is 3. The Morgan fingerprint density at radius 2 is 1.83 bits per heavy atom. The van der Waals surface area contributed by atoms with Gasteiger partial charge in [0.15, 0.2) is 23.4 Å². The van der Waals surface area contributed by atoms with Crippen LogP contribution < -0.4 is 15.4 Å². The Kier molecular flexibility index (Phi) is 6.62. The van der Waals surface area contributed by atoms with Gasteiger partial charge in [-0.1, -0.05) is 87.7 Å². The van der Waals surface area contributed by atoms with E-state index < -0.39 is 23.6 Å². The number of carbonyl (C=O) groups is 2. The minimum atomic E-state index is -0.972. The summed E-state index contributed by atoms with van der Waals surface area (Å²) in [6.45, 7) is 4.10. The second-order valence-electron chi connectivity index (χ2n) is 16.1. The molecule has 0 saturated heterocycles. The maximum Gasteiger partial charge on any atom is 0.249 e. The van der Waals surface area contributed by atoms with Crippen LogP contribution in [0.25, 0.3) is 28.3 Å². The minimum Gasteiger partial charge on any atom is -0.469 e. The molecular formula is C44H40N4O5. The Bertz CT molecular complexity index is 2410. The van der Waals surface area contributed by atoms with E-state index in [1.54, 1.807) is 6.20 Å². The zero-order chi connectivity index (χ0) is 35.6. The molecule has 2 N–H and O–H groups in total. The van der Waals surface area contributed by atoms with Gasteiger partial charge in [0.2, 0.25) is 17.7 Å². The number of ketones is 1. The molecule has 3 aromatic carbocycles. The van der Waals surface area contributed by atoms with Crippen LogP contribution >= 0.6 is 0 Å². The molecule has 5 aromatic rings. The number of carbonyl (C=O) groups excluding carboxylic acids is 2. The number of hydrogen-bond donors (Lipinski definition) is 2. The summed E-state index contributed by atoms with van der Waals surface area (Å²) in [7, 11) is 0. The van der Waals surface area contributed by atoms with Crippen molar-refractivity contribution in [2.24, 2.45) is 17.8 Å². The van der Waals surface area contributed by atoms with Gasteiger partial charge in [0.25, 0.3) is 0 Å². The van der Waals surface area contributed by atoms with Crippen LogP contribution in [0.5, 0.6) is 5.75 Å². The summed E-state index contributed by atoms with van der Waals surface area (Å²) in [5, 5.41) is 7.15. The maximum atomic E-state index is 14.4. The predicted octanol–water partition coefficient (Wildman–Crippen LogP) is 8.30. The van der Waals surface area contributed by atoms with Gasteiger partial charge in [-0.25, -0.2) is 9.97 Å². The van der Waals surface area contributed by atoms with Gasteiger partial charge in [-0.15, -0.1) is 0 Å². The molecule has 2 aliphatic carbocycles. The molecule has 9 heteroatoms. The number of oxazole rings is 2. The standard InChI is InChI=1S/C44H40N4O5/c1-22(2)36-42-47-38-39(53-42)44-30-13-7-12-28(27-11-6-10-25-15-16-29(35(25)27)34-21-45-41(38)51-34)37(30)48-43(44)52-33-17-14-23(19-31(33)44)18-26(40(50)46-36)20-32(49)24-8-4-3-5-9-24/h6-7,10-14,16-17,19,21-22,24,26,36,43,48H,3-5,8-9,15,18,20H2,1-2H3,(H,46,50)/t26?,36-,43-,44?/m0/s1. The van der Waals surface area contributed by atoms with Gasteiger partial charge in [0.05, 0.1) is 6.20 Å². The van der Waals surface area contributed by atoms with Crippen molar-refractivity contribution >= 4 is 23.0 Å². The lowest BCUT2D eigenvalue weighted by molar-refractivity contribution is -0.132. The average Bonchev–Trinajstić information content (AvgIpc) is 4.00. The first-order valence-corrected chi connectivity index (χ1v) is 19.2. The molecule has 2 unspecified atom stereocenters. The van der Waals surface area contributed by atoms with Crippen molar-refractivity contribution in [1.29, 1.82) is 0 Å². The average molecular weight is 705 g/mol. The summed E-state index contributed by atoms with van der Waals surface area (Å²) in [5.74, 6) is 2.11. The van der Waals surface area contributed by atoms with E-state index in [0.717, 1.165) is 82.5 Å².